The maximum Gasteiger partial charge on any atom is 0.321 e. The molecule has 0 fully saturated rings. The molecule has 0 amide bonds. The lowest BCUT2D eigenvalue weighted by Crippen LogP contribution is -2.38. The Kier molecular flexibility index (Phi) is 4.13. The van der Waals surface area contributed by atoms with Crippen LogP contribution in [-0.4, -0.2) is 25.5 Å². The first-order valence-electron chi connectivity index (χ1n) is 4.76. The van der Waals surface area contributed by atoms with Crippen LogP contribution in [0.4, 0.5) is 0 Å². The van der Waals surface area contributed by atoms with Gasteiger partial charge in [-0.15, -0.1) is 0 Å². The van der Waals surface area contributed by atoms with Crippen molar-refractivity contribution in [3.8, 4) is 0 Å². The van der Waals surface area contributed by atoms with Crippen LogP contribution in [0.5, 0.6) is 0 Å². The maximum atomic E-state index is 11.9. The first-order chi connectivity index (χ1) is 7.75. The van der Waals surface area contributed by atoms with Gasteiger partial charge in [0.1, 0.15) is 10.9 Å². The lowest BCUT2D eigenvalue weighted by molar-refractivity contribution is -0.138. The van der Waals surface area contributed by atoms with Crippen LogP contribution in [-0.2, 0) is 14.8 Å². The summed E-state index contributed by atoms with van der Waals surface area (Å²) in [6.07, 6.45) is 0. The summed E-state index contributed by atoms with van der Waals surface area (Å²) in [6, 6.07) is 3.33. The second kappa shape index (κ2) is 5.03. The number of aliphatic carboxylic acids is 1. The summed E-state index contributed by atoms with van der Waals surface area (Å²) in [5.41, 5.74) is 0.609. The van der Waals surface area contributed by atoms with E-state index in [2.05, 4.69) is 0 Å². The second-order valence-corrected chi connectivity index (χ2v) is 5.63. The van der Waals surface area contributed by atoms with E-state index < -0.39 is 22.0 Å². The lowest BCUT2D eigenvalue weighted by Gasteiger charge is -2.12. The van der Waals surface area contributed by atoms with Crippen LogP contribution in [0, 0.1) is 6.92 Å². The van der Waals surface area contributed by atoms with Gasteiger partial charge >= 0.3 is 5.97 Å². The average Bonchev–Trinajstić information content (AvgIpc) is 2.21. The van der Waals surface area contributed by atoms with Crippen molar-refractivity contribution in [1.29, 1.82) is 0 Å². The number of nitrogens with one attached hydrogen (secondary N) is 1. The van der Waals surface area contributed by atoms with Crippen molar-refractivity contribution >= 4 is 27.6 Å². The Labute approximate surface area is 104 Å². The van der Waals surface area contributed by atoms with Gasteiger partial charge in [0.05, 0.1) is 5.02 Å². The molecule has 0 radical (unpaired) electrons. The van der Waals surface area contributed by atoms with Gasteiger partial charge in [-0.3, -0.25) is 4.79 Å². The van der Waals surface area contributed by atoms with Crippen LogP contribution in [0.15, 0.2) is 23.1 Å². The van der Waals surface area contributed by atoms with Gasteiger partial charge in [-0.05, 0) is 25.5 Å². The Hall–Kier alpha value is -1.11. The first kappa shape index (κ1) is 14.0. The molecule has 1 aromatic carbocycles. The van der Waals surface area contributed by atoms with E-state index in [9.17, 15) is 13.2 Å². The topological polar surface area (TPSA) is 83.5 Å². The van der Waals surface area contributed by atoms with Gasteiger partial charge in [0.15, 0.2) is 0 Å². The molecule has 1 rings (SSSR count). The normalized spacial score (nSPS) is 13.4. The Morgan fingerprint density at radius 1 is 1.47 bits per heavy atom. The highest BCUT2D eigenvalue weighted by atomic mass is 35.5. The van der Waals surface area contributed by atoms with Gasteiger partial charge in [0.25, 0.3) is 0 Å². The fourth-order valence-corrected chi connectivity index (χ4v) is 2.95. The molecule has 0 saturated heterocycles. The van der Waals surface area contributed by atoms with Crippen molar-refractivity contribution in [2.45, 2.75) is 24.8 Å². The molecule has 94 valence electrons. The van der Waals surface area contributed by atoms with Crippen LogP contribution < -0.4 is 4.72 Å². The molecule has 0 aromatic heterocycles. The zero-order valence-electron chi connectivity index (χ0n) is 9.27. The Morgan fingerprint density at radius 2 is 2.06 bits per heavy atom. The molecule has 0 heterocycles. The number of hydrogen-bond acceptors (Lipinski definition) is 3. The number of halogens is 1. The van der Waals surface area contributed by atoms with E-state index in [0.717, 1.165) is 0 Å². The molecule has 2 N–H and O–H groups in total. The number of carboxylic acids is 1. The van der Waals surface area contributed by atoms with E-state index in [1.54, 1.807) is 19.1 Å². The predicted molar refractivity (Wildman–Crippen MR) is 63.6 cm³/mol. The van der Waals surface area contributed by atoms with Crippen LogP contribution in [0.1, 0.15) is 12.5 Å². The molecule has 0 aliphatic rings. The Balaban J connectivity index is 3.14. The Bertz CT molecular complexity index is 541. The molecular formula is C10H12ClNO4S. The monoisotopic (exact) mass is 277 g/mol. The second-order valence-electron chi connectivity index (χ2n) is 3.57. The molecule has 0 spiro atoms. The van der Waals surface area contributed by atoms with E-state index in [1.807, 2.05) is 4.72 Å². The lowest BCUT2D eigenvalue weighted by atomic mass is 10.2. The minimum absolute atomic E-state index is 0.0950. The fourth-order valence-electron chi connectivity index (χ4n) is 1.17. The first-order valence-corrected chi connectivity index (χ1v) is 6.62. The molecule has 0 bridgehead atoms. The molecule has 0 saturated carbocycles. The molecule has 5 nitrogen and oxygen atoms in total. The number of carbonyl (C=O) groups is 1. The summed E-state index contributed by atoms with van der Waals surface area (Å²) in [4.78, 5) is 10.5. The molecule has 1 atom stereocenters. The predicted octanol–water partition coefficient (Wildman–Crippen LogP) is 1.40. The number of benzene rings is 1. The number of rotatable bonds is 4. The molecule has 0 aliphatic carbocycles. The number of carboxylic acid groups (broad SMARTS) is 1. The van der Waals surface area contributed by atoms with Gasteiger partial charge in [-0.2, -0.15) is 4.72 Å². The molecule has 1 aromatic rings. The van der Waals surface area contributed by atoms with Gasteiger partial charge in [0.2, 0.25) is 10.0 Å². The molecule has 0 aliphatic heterocycles. The maximum absolute atomic E-state index is 11.9. The minimum Gasteiger partial charge on any atom is -0.480 e. The highest BCUT2D eigenvalue weighted by Gasteiger charge is 2.23. The largest absolute Gasteiger partial charge is 0.480 e. The van der Waals surface area contributed by atoms with Crippen LogP contribution in [0.2, 0.25) is 5.02 Å². The quantitative estimate of drug-likeness (QED) is 0.871. The van der Waals surface area contributed by atoms with E-state index in [1.165, 1.54) is 13.0 Å². The third kappa shape index (κ3) is 3.18. The van der Waals surface area contributed by atoms with Crippen molar-refractivity contribution in [3.63, 3.8) is 0 Å². The smallest absolute Gasteiger partial charge is 0.321 e. The zero-order chi connectivity index (χ0) is 13.2. The summed E-state index contributed by atoms with van der Waals surface area (Å²) in [5, 5.41) is 8.75. The molecule has 0 unspecified atom stereocenters. The molecular weight excluding hydrogens is 266 g/mol. The van der Waals surface area contributed by atoms with Crippen molar-refractivity contribution in [2.24, 2.45) is 0 Å². The van der Waals surface area contributed by atoms with E-state index in [-0.39, 0.29) is 9.92 Å². The van der Waals surface area contributed by atoms with Crippen LogP contribution in [0.3, 0.4) is 0 Å². The summed E-state index contributed by atoms with van der Waals surface area (Å²) >= 11 is 5.87. The highest BCUT2D eigenvalue weighted by Crippen LogP contribution is 2.24. The highest BCUT2D eigenvalue weighted by molar-refractivity contribution is 7.89. The van der Waals surface area contributed by atoms with Crippen LogP contribution >= 0.6 is 11.6 Å². The summed E-state index contributed by atoms with van der Waals surface area (Å²) in [5.74, 6) is -1.25. The standard InChI is InChI=1S/C10H12ClNO4S/c1-6-4-3-5-8(9(6)11)17(15,16)12-7(2)10(13)14/h3-5,7,12H,1-2H3,(H,13,14)/t7-/m0/s1. The van der Waals surface area contributed by atoms with Gasteiger partial charge < -0.3 is 5.11 Å². The summed E-state index contributed by atoms with van der Waals surface area (Å²) < 4.78 is 25.8. The zero-order valence-corrected chi connectivity index (χ0v) is 10.8. The fraction of sp³-hybridized carbons (Fsp3) is 0.300. The summed E-state index contributed by atoms with van der Waals surface area (Å²) in [6.45, 7) is 2.91. The van der Waals surface area contributed by atoms with Gasteiger partial charge in [0, 0.05) is 0 Å². The molecule has 17 heavy (non-hydrogen) atoms. The Morgan fingerprint density at radius 3 is 2.59 bits per heavy atom. The third-order valence-corrected chi connectivity index (χ3v) is 4.35. The van der Waals surface area contributed by atoms with Crippen molar-refractivity contribution in [3.05, 3.63) is 28.8 Å². The minimum atomic E-state index is -3.92. The van der Waals surface area contributed by atoms with Crippen molar-refractivity contribution in [1.82, 2.24) is 4.72 Å². The van der Waals surface area contributed by atoms with Crippen molar-refractivity contribution < 1.29 is 18.3 Å². The summed E-state index contributed by atoms with van der Waals surface area (Å²) in [7, 11) is -3.92. The molecule has 7 heteroatoms. The van der Waals surface area contributed by atoms with E-state index >= 15 is 0 Å². The van der Waals surface area contributed by atoms with Gasteiger partial charge in [-0.25, -0.2) is 8.42 Å². The third-order valence-electron chi connectivity index (χ3n) is 2.15. The number of hydrogen-bond donors (Lipinski definition) is 2. The van der Waals surface area contributed by atoms with Crippen LogP contribution in [0.25, 0.3) is 0 Å². The number of aryl methyl sites for hydroxylation is 1. The SMILES string of the molecule is Cc1cccc(S(=O)(=O)N[C@@H](C)C(=O)O)c1Cl. The van der Waals surface area contributed by atoms with Gasteiger partial charge in [-0.1, -0.05) is 23.7 Å². The average molecular weight is 278 g/mol. The van der Waals surface area contributed by atoms with E-state index in [4.69, 9.17) is 16.7 Å². The van der Waals surface area contributed by atoms with Crippen molar-refractivity contribution in [2.75, 3.05) is 0 Å². The van der Waals surface area contributed by atoms with E-state index in [0.29, 0.717) is 5.56 Å². The number of sulfonamides is 1.